The van der Waals surface area contributed by atoms with Crippen molar-refractivity contribution in [3.63, 3.8) is 0 Å². The number of aliphatic hydroxyl groups is 1. The lowest BCUT2D eigenvalue weighted by Crippen LogP contribution is -2.58. The molecule has 11 heteroatoms. The van der Waals surface area contributed by atoms with Crippen LogP contribution in [-0.2, 0) is 25.6 Å². The zero-order valence-corrected chi connectivity index (χ0v) is 19.4. The van der Waals surface area contributed by atoms with Gasteiger partial charge < -0.3 is 36.6 Å². The SMILES string of the molecule is CC(C)CC(NC(=O)C1CCCN1)C(=O)NC(Cc1ccc(O)cc1)C(=O)NC(CO)C(=O)O. The Bertz CT molecular complexity index is 853. The Morgan fingerprint density at radius 3 is 2.15 bits per heavy atom. The van der Waals surface area contributed by atoms with E-state index in [1.54, 1.807) is 12.1 Å². The highest BCUT2D eigenvalue weighted by molar-refractivity contribution is 5.94. The van der Waals surface area contributed by atoms with E-state index in [-0.39, 0.29) is 30.0 Å². The third-order valence-corrected chi connectivity index (χ3v) is 5.52. The first kappa shape index (κ1) is 27.1. The summed E-state index contributed by atoms with van der Waals surface area (Å²) in [4.78, 5) is 49.8. The number of benzene rings is 1. The van der Waals surface area contributed by atoms with Crippen LogP contribution in [0.2, 0.25) is 0 Å². The fourth-order valence-electron chi connectivity index (χ4n) is 3.69. The van der Waals surface area contributed by atoms with Gasteiger partial charge in [0.15, 0.2) is 0 Å². The number of phenols is 1. The van der Waals surface area contributed by atoms with Gasteiger partial charge in [-0.25, -0.2) is 4.79 Å². The van der Waals surface area contributed by atoms with Crippen molar-refractivity contribution in [2.75, 3.05) is 13.2 Å². The van der Waals surface area contributed by atoms with E-state index in [2.05, 4.69) is 21.3 Å². The van der Waals surface area contributed by atoms with Gasteiger partial charge in [0.25, 0.3) is 0 Å². The summed E-state index contributed by atoms with van der Waals surface area (Å²) in [5.41, 5.74) is 0.605. The number of carboxylic acid groups (broad SMARTS) is 1. The van der Waals surface area contributed by atoms with Crippen LogP contribution in [0.4, 0.5) is 0 Å². The topological polar surface area (TPSA) is 177 Å². The number of aliphatic carboxylic acids is 1. The molecule has 4 atom stereocenters. The van der Waals surface area contributed by atoms with Gasteiger partial charge in [-0.3, -0.25) is 14.4 Å². The van der Waals surface area contributed by atoms with Crippen LogP contribution in [0.1, 0.15) is 38.7 Å². The molecule has 2 rings (SSSR count). The molecule has 1 saturated heterocycles. The molecule has 1 aromatic carbocycles. The normalized spacial score (nSPS) is 18.1. The van der Waals surface area contributed by atoms with Gasteiger partial charge >= 0.3 is 5.97 Å². The van der Waals surface area contributed by atoms with Crippen molar-refractivity contribution in [3.05, 3.63) is 29.8 Å². The minimum absolute atomic E-state index is 0.00213. The summed E-state index contributed by atoms with van der Waals surface area (Å²) in [7, 11) is 0. The quantitative estimate of drug-likeness (QED) is 0.205. The van der Waals surface area contributed by atoms with Gasteiger partial charge in [0.1, 0.15) is 23.9 Å². The molecule has 0 spiro atoms. The molecule has 1 fully saturated rings. The average molecular weight is 479 g/mol. The fraction of sp³-hybridized carbons (Fsp3) is 0.565. The Kier molecular flexibility index (Phi) is 10.3. The summed E-state index contributed by atoms with van der Waals surface area (Å²) in [6.45, 7) is 3.71. The smallest absolute Gasteiger partial charge is 0.328 e. The minimum Gasteiger partial charge on any atom is -0.508 e. The zero-order chi connectivity index (χ0) is 25.3. The lowest BCUT2D eigenvalue weighted by molar-refractivity contribution is -0.143. The molecule has 0 aromatic heterocycles. The summed E-state index contributed by atoms with van der Waals surface area (Å²) < 4.78 is 0. The third-order valence-electron chi connectivity index (χ3n) is 5.52. The highest BCUT2D eigenvalue weighted by Gasteiger charge is 2.31. The maximum Gasteiger partial charge on any atom is 0.328 e. The number of carbonyl (C=O) groups excluding carboxylic acids is 3. The highest BCUT2D eigenvalue weighted by atomic mass is 16.4. The Labute approximate surface area is 198 Å². The molecule has 4 unspecified atom stereocenters. The number of phenolic OH excluding ortho intramolecular Hbond substituents is 1. The number of aliphatic hydroxyl groups excluding tert-OH is 1. The number of hydrogen-bond acceptors (Lipinski definition) is 7. The molecule has 3 amide bonds. The van der Waals surface area contributed by atoms with Crippen molar-refractivity contribution in [2.45, 2.75) is 63.7 Å². The van der Waals surface area contributed by atoms with Gasteiger partial charge in [-0.2, -0.15) is 0 Å². The molecular formula is C23H34N4O7. The van der Waals surface area contributed by atoms with Gasteiger partial charge in [0.2, 0.25) is 17.7 Å². The highest BCUT2D eigenvalue weighted by Crippen LogP contribution is 2.13. The monoisotopic (exact) mass is 478 g/mol. The Hall–Kier alpha value is -3.18. The Balaban J connectivity index is 2.19. The van der Waals surface area contributed by atoms with Crippen LogP contribution in [0.15, 0.2) is 24.3 Å². The lowest BCUT2D eigenvalue weighted by atomic mass is 10.0. The van der Waals surface area contributed by atoms with Crippen LogP contribution < -0.4 is 21.3 Å². The summed E-state index contributed by atoms with van der Waals surface area (Å²) in [6.07, 6.45) is 1.88. The van der Waals surface area contributed by atoms with Crippen molar-refractivity contribution >= 4 is 23.7 Å². The van der Waals surface area contributed by atoms with E-state index >= 15 is 0 Å². The number of aromatic hydroxyl groups is 1. The molecule has 0 bridgehead atoms. The van der Waals surface area contributed by atoms with Gasteiger partial charge in [-0.15, -0.1) is 0 Å². The van der Waals surface area contributed by atoms with Gasteiger partial charge in [0, 0.05) is 6.42 Å². The first-order valence-corrected chi connectivity index (χ1v) is 11.4. The van der Waals surface area contributed by atoms with Crippen molar-refractivity contribution < 1.29 is 34.5 Å². The summed E-state index contributed by atoms with van der Waals surface area (Å²) >= 11 is 0. The lowest BCUT2D eigenvalue weighted by Gasteiger charge is -2.26. The van der Waals surface area contributed by atoms with Gasteiger partial charge in [-0.05, 0) is 49.4 Å². The first-order chi connectivity index (χ1) is 16.1. The number of nitrogens with one attached hydrogen (secondary N) is 4. The van der Waals surface area contributed by atoms with E-state index in [1.165, 1.54) is 12.1 Å². The number of carbonyl (C=O) groups is 4. The van der Waals surface area contributed by atoms with E-state index in [4.69, 9.17) is 5.11 Å². The maximum absolute atomic E-state index is 13.1. The second-order valence-electron chi connectivity index (χ2n) is 8.85. The van der Waals surface area contributed by atoms with E-state index < -0.39 is 42.5 Å². The average Bonchev–Trinajstić information content (AvgIpc) is 3.32. The predicted molar refractivity (Wildman–Crippen MR) is 123 cm³/mol. The molecule has 0 radical (unpaired) electrons. The third kappa shape index (κ3) is 8.31. The van der Waals surface area contributed by atoms with Crippen LogP contribution in [0.25, 0.3) is 0 Å². The number of hydrogen-bond donors (Lipinski definition) is 7. The second kappa shape index (κ2) is 12.9. The largest absolute Gasteiger partial charge is 0.508 e. The van der Waals surface area contributed by atoms with Gasteiger partial charge in [0.05, 0.1) is 12.6 Å². The van der Waals surface area contributed by atoms with Crippen LogP contribution in [0.3, 0.4) is 0 Å². The molecule has 0 saturated carbocycles. The molecule has 1 heterocycles. The molecule has 1 aromatic rings. The summed E-state index contributed by atoms with van der Waals surface area (Å²) in [6, 6.07) is 2.01. The molecule has 0 aliphatic carbocycles. The van der Waals surface area contributed by atoms with E-state index in [0.717, 1.165) is 13.0 Å². The molecule has 11 nitrogen and oxygen atoms in total. The maximum atomic E-state index is 13.1. The predicted octanol–water partition coefficient (Wildman–Crippen LogP) is -0.736. The minimum atomic E-state index is -1.54. The second-order valence-corrected chi connectivity index (χ2v) is 8.85. The number of carboxylic acids is 1. The standard InChI is InChI=1S/C23H34N4O7/c1-13(2)10-17(25-20(30)16-4-3-9-24-16)21(31)26-18(11-14-5-7-15(29)8-6-14)22(32)27-19(12-28)23(33)34/h5-8,13,16-19,24,28-29H,3-4,9-12H2,1-2H3,(H,25,30)(H,26,31)(H,27,32)(H,33,34). The van der Waals surface area contributed by atoms with Crippen molar-refractivity contribution in [1.82, 2.24) is 21.3 Å². The molecule has 34 heavy (non-hydrogen) atoms. The van der Waals surface area contributed by atoms with Crippen LogP contribution >= 0.6 is 0 Å². The van der Waals surface area contributed by atoms with Crippen molar-refractivity contribution in [1.29, 1.82) is 0 Å². The van der Waals surface area contributed by atoms with Crippen molar-refractivity contribution in [3.8, 4) is 5.75 Å². The zero-order valence-electron chi connectivity index (χ0n) is 19.4. The van der Waals surface area contributed by atoms with Gasteiger partial charge in [-0.1, -0.05) is 26.0 Å². The molecule has 1 aliphatic heterocycles. The van der Waals surface area contributed by atoms with Crippen LogP contribution in [0.5, 0.6) is 5.75 Å². The number of amides is 3. The van der Waals surface area contributed by atoms with E-state index in [1.807, 2.05) is 13.8 Å². The van der Waals surface area contributed by atoms with Crippen LogP contribution in [-0.4, -0.2) is 76.3 Å². The molecule has 1 aliphatic rings. The summed E-state index contributed by atoms with van der Waals surface area (Å²) in [5.74, 6) is -2.98. The molecular weight excluding hydrogens is 444 g/mol. The Morgan fingerprint density at radius 2 is 1.62 bits per heavy atom. The van der Waals surface area contributed by atoms with E-state index in [0.29, 0.717) is 18.4 Å². The first-order valence-electron chi connectivity index (χ1n) is 11.4. The fourth-order valence-corrected chi connectivity index (χ4v) is 3.69. The van der Waals surface area contributed by atoms with Crippen LogP contribution in [0, 0.1) is 5.92 Å². The van der Waals surface area contributed by atoms with E-state index in [9.17, 15) is 29.4 Å². The molecule has 7 N–H and O–H groups in total. The van der Waals surface area contributed by atoms with Crippen molar-refractivity contribution in [2.24, 2.45) is 5.92 Å². The molecule has 188 valence electrons. The number of rotatable bonds is 12. The summed E-state index contributed by atoms with van der Waals surface area (Å²) in [5, 5.41) is 38.6. The Morgan fingerprint density at radius 1 is 1.00 bits per heavy atom.